The van der Waals surface area contributed by atoms with Gasteiger partial charge in [0.05, 0.1) is 10.6 Å². The summed E-state index contributed by atoms with van der Waals surface area (Å²) in [6, 6.07) is 5.89. The highest BCUT2D eigenvalue weighted by Crippen LogP contribution is 2.30. The first-order chi connectivity index (χ1) is 8.65. The zero-order valence-electron chi connectivity index (χ0n) is 10.5. The second kappa shape index (κ2) is 6.07. The number of nitrogens with zero attached hydrogens (tertiary/aromatic N) is 1. The molecule has 1 aromatic rings. The fraction of sp³-hybridized carbons (Fsp3) is 0.500. The summed E-state index contributed by atoms with van der Waals surface area (Å²) in [6.07, 6.45) is 4.68. The van der Waals surface area contributed by atoms with Gasteiger partial charge in [0, 0.05) is 17.1 Å². The Labute approximate surface area is 121 Å². The summed E-state index contributed by atoms with van der Waals surface area (Å²) in [5, 5.41) is 0.513. The van der Waals surface area contributed by atoms with Gasteiger partial charge in [0.25, 0.3) is 5.91 Å². The van der Waals surface area contributed by atoms with E-state index in [2.05, 4.69) is 15.9 Å². The lowest BCUT2D eigenvalue weighted by Gasteiger charge is -2.28. The minimum absolute atomic E-state index is 0.0516. The number of amides is 1. The Morgan fingerprint density at radius 1 is 1.44 bits per heavy atom. The number of hydrogen-bond acceptors (Lipinski definition) is 1. The van der Waals surface area contributed by atoms with Gasteiger partial charge >= 0.3 is 0 Å². The molecule has 1 aliphatic rings. The van der Waals surface area contributed by atoms with Gasteiger partial charge in [-0.25, -0.2) is 0 Å². The third-order valence-electron chi connectivity index (χ3n) is 3.55. The SMILES string of the molecule is CCN(C(=O)c1cccc(Br)c1Cl)C1CCCC1. The molecule has 0 spiro atoms. The van der Waals surface area contributed by atoms with Crippen LogP contribution in [0, 0.1) is 0 Å². The fourth-order valence-corrected chi connectivity index (χ4v) is 3.18. The summed E-state index contributed by atoms with van der Waals surface area (Å²) in [6.45, 7) is 2.77. The second-order valence-electron chi connectivity index (χ2n) is 4.63. The lowest BCUT2D eigenvalue weighted by molar-refractivity contribution is 0.0693. The molecular formula is C14H17BrClNO. The van der Waals surface area contributed by atoms with E-state index in [1.54, 1.807) is 6.07 Å². The molecule has 1 amide bonds. The minimum Gasteiger partial charge on any atom is -0.336 e. The summed E-state index contributed by atoms with van der Waals surface area (Å²) < 4.78 is 0.775. The number of carbonyl (C=O) groups is 1. The first-order valence-corrected chi connectivity index (χ1v) is 7.57. The van der Waals surface area contributed by atoms with Crippen molar-refractivity contribution in [1.29, 1.82) is 0 Å². The molecule has 98 valence electrons. The lowest BCUT2D eigenvalue weighted by atomic mass is 10.1. The van der Waals surface area contributed by atoms with Crippen LogP contribution in [0.5, 0.6) is 0 Å². The summed E-state index contributed by atoms with van der Waals surface area (Å²) in [5.74, 6) is 0.0516. The number of halogens is 2. The Bertz CT molecular complexity index is 443. The van der Waals surface area contributed by atoms with Crippen LogP contribution < -0.4 is 0 Å². The molecule has 0 aliphatic heterocycles. The molecule has 18 heavy (non-hydrogen) atoms. The summed E-state index contributed by atoms with van der Waals surface area (Å²) in [5.41, 5.74) is 0.597. The van der Waals surface area contributed by atoms with Gasteiger partial charge in [-0.3, -0.25) is 4.79 Å². The van der Waals surface area contributed by atoms with Crippen molar-refractivity contribution in [2.75, 3.05) is 6.54 Å². The van der Waals surface area contributed by atoms with E-state index >= 15 is 0 Å². The van der Waals surface area contributed by atoms with Crippen LogP contribution >= 0.6 is 27.5 Å². The summed E-state index contributed by atoms with van der Waals surface area (Å²) in [7, 11) is 0. The normalized spacial score (nSPS) is 15.9. The van der Waals surface area contributed by atoms with Crippen LogP contribution in [0.2, 0.25) is 5.02 Å². The second-order valence-corrected chi connectivity index (χ2v) is 5.86. The van der Waals surface area contributed by atoms with Gasteiger partial charge in [-0.15, -0.1) is 0 Å². The predicted molar refractivity (Wildman–Crippen MR) is 78.1 cm³/mol. The Balaban J connectivity index is 2.25. The van der Waals surface area contributed by atoms with Crippen LogP contribution in [-0.2, 0) is 0 Å². The van der Waals surface area contributed by atoms with Crippen LogP contribution in [0.15, 0.2) is 22.7 Å². The van der Waals surface area contributed by atoms with Crippen molar-refractivity contribution in [2.24, 2.45) is 0 Å². The van der Waals surface area contributed by atoms with E-state index in [0.717, 1.165) is 23.9 Å². The topological polar surface area (TPSA) is 20.3 Å². The van der Waals surface area contributed by atoms with E-state index in [4.69, 9.17) is 11.6 Å². The highest BCUT2D eigenvalue weighted by Gasteiger charge is 2.27. The molecule has 0 N–H and O–H groups in total. The predicted octanol–water partition coefficient (Wildman–Crippen LogP) is 4.51. The van der Waals surface area contributed by atoms with Gasteiger partial charge in [-0.2, -0.15) is 0 Å². The molecule has 1 fully saturated rings. The van der Waals surface area contributed by atoms with E-state index < -0.39 is 0 Å². The number of benzene rings is 1. The molecule has 0 saturated heterocycles. The highest BCUT2D eigenvalue weighted by molar-refractivity contribution is 9.10. The third-order valence-corrected chi connectivity index (χ3v) is 4.85. The van der Waals surface area contributed by atoms with Crippen molar-refractivity contribution in [2.45, 2.75) is 38.6 Å². The smallest absolute Gasteiger partial charge is 0.255 e. The molecule has 0 radical (unpaired) electrons. The zero-order chi connectivity index (χ0) is 13.1. The largest absolute Gasteiger partial charge is 0.336 e. The van der Waals surface area contributed by atoms with E-state index in [-0.39, 0.29) is 5.91 Å². The summed E-state index contributed by atoms with van der Waals surface area (Å²) in [4.78, 5) is 14.5. The van der Waals surface area contributed by atoms with Crippen LogP contribution in [0.1, 0.15) is 43.0 Å². The number of carbonyl (C=O) groups excluding carboxylic acids is 1. The van der Waals surface area contributed by atoms with Gasteiger partial charge in [-0.1, -0.05) is 30.5 Å². The maximum Gasteiger partial charge on any atom is 0.255 e. The lowest BCUT2D eigenvalue weighted by Crippen LogP contribution is -2.38. The number of rotatable bonds is 3. The maximum absolute atomic E-state index is 12.6. The average Bonchev–Trinajstić information content (AvgIpc) is 2.87. The first-order valence-electron chi connectivity index (χ1n) is 6.40. The molecule has 1 saturated carbocycles. The van der Waals surface area contributed by atoms with Gasteiger partial charge in [0.1, 0.15) is 0 Å². The Kier molecular flexibility index (Phi) is 4.68. The Morgan fingerprint density at radius 3 is 2.72 bits per heavy atom. The quantitative estimate of drug-likeness (QED) is 0.798. The van der Waals surface area contributed by atoms with Crippen molar-refractivity contribution < 1.29 is 4.79 Å². The average molecular weight is 331 g/mol. The third kappa shape index (κ3) is 2.72. The molecule has 0 unspecified atom stereocenters. The van der Waals surface area contributed by atoms with Gasteiger partial charge in [0.2, 0.25) is 0 Å². The molecule has 0 atom stereocenters. The zero-order valence-corrected chi connectivity index (χ0v) is 12.8. The van der Waals surface area contributed by atoms with E-state index in [0.29, 0.717) is 16.6 Å². The first kappa shape index (κ1) is 13.9. The molecule has 2 nitrogen and oxygen atoms in total. The van der Waals surface area contributed by atoms with Crippen LogP contribution in [0.25, 0.3) is 0 Å². The van der Waals surface area contributed by atoms with Gasteiger partial charge in [0.15, 0.2) is 0 Å². The number of hydrogen-bond donors (Lipinski definition) is 0. The minimum atomic E-state index is 0.0516. The Hall–Kier alpha value is -0.540. The van der Waals surface area contributed by atoms with Crippen LogP contribution in [-0.4, -0.2) is 23.4 Å². The van der Waals surface area contributed by atoms with E-state index in [1.165, 1.54) is 12.8 Å². The molecule has 0 heterocycles. The van der Waals surface area contributed by atoms with Crippen molar-refractivity contribution in [3.63, 3.8) is 0 Å². The van der Waals surface area contributed by atoms with Gasteiger partial charge in [-0.05, 0) is 47.8 Å². The van der Waals surface area contributed by atoms with E-state index in [9.17, 15) is 4.79 Å². The standard InChI is InChI=1S/C14H17BrClNO/c1-2-17(10-6-3-4-7-10)14(18)11-8-5-9-12(15)13(11)16/h5,8-10H,2-4,6-7H2,1H3. The maximum atomic E-state index is 12.6. The Morgan fingerprint density at radius 2 is 2.11 bits per heavy atom. The van der Waals surface area contributed by atoms with Crippen molar-refractivity contribution in [3.8, 4) is 0 Å². The molecule has 1 aromatic carbocycles. The molecule has 2 rings (SSSR count). The molecule has 4 heteroatoms. The molecule has 1 aliphatic carbocycles. The fourth-order valence-electron chi connectivity index (χ4n) is 2.61. The van der Waals surface area contributed by atoms with Gasteiger partial charge < -0.3 is 4.90 Å². The van der Waals surface area contributed by atoms with Crippen molar-refractivity contribution >= 4 is 33.4 Å². The highest BCUT2D eigenvalue weighted by atomic mass is 79.9. The molecule has 0 bridgehead atoms. The van der Waals surface area contributed by atoms with Crippen LogP contribution in [0.3, 0.4) is 0 Å². The molecular weight excluding hydrogens is 314 g/mol. The van der Waals surface area contributed by atoms with E-state index in [1.807, 2.05) is 24.0 Å². The van der Waals surface area contributed by atoms with Crippen molar-refractivity contribution in [1.82, 2.24) is 4.90 Å². The van der Waals surface area contributed by atoms with Crippen molar-refractivity contribution in [3.05, 3.63) is 33.3 Å². The summed E-state index contributed by atoms with van der Waals surface area (Å²) >= 11 is 9.57. The van der Waals surface area contributed by atoms with Crippen LogP contribution in [0.4, 0.5) is 0 Å². The molecule has 0 aromatic heterocycles. The monoisotopic (exact) mass is 329 g/mol.